The van der Waals surface area contributed by atoms with Crippen LogP contribution in [0.5, 0.6) is 0 Å². The van der Waals surface area contributed by atoms with Crippen molar-refractivity contribution in [2.45, 2.75) is 33.2 Å². The molecule has 1 aromatic heterocycles. The van der Waals surface area contributed by atoms with E-state index in [9.17, 15) is 14.0 Å². The molecule has 0 saturated carbocycles. The van der Waals surface area contributed by atoms with Crippen molar-refractivity contribution in [2.75, 3.05) is 4.90 Å². The molecule has 5 nitrogen and oxygen atoms in total. The minimum Gasteiger partial charge on any atom is -0.372 e. The van der Waals surface area contributed by atoms with Crippen LogP contribution >= 0.6 is 11.6 Å². The first kappa shape index (κ1) is 19.9. The van der Waals surface area contributed by atoms with E-state index in [4.69, 9.17) is 16.1 Å². The molecule has 0 N–H and O–H groups in total. The monoisotopic (exact) mass is 402 g/mol. The fourth-order valence-electron chi connectivity index (χ4n) is 2.99. The Bertz CT molecular complexity index is 1050. The maximum atomic E-state index is 13.2. The summed E-state index contributed by atoms with van der Waals surface area (Å²) in [5.74, 6) is -0.0611. The lowest BCUT2D eigenvalue weighted by molar-refractivity contribution is 0.210. The minimum atomic E-state index is -0.639. The van der Waals surface area contributed by atoms with E-state index in [-0.39, 0.29) is 12.5 Å². The Morgan fingerprint density at radius 1 is 1.18 bits per heavy atom. The number of nitrogens with zero attached hydrogens (tertiary/aromatic N) is 2. The third-order valence-electron chi connectivity index (χ3n) is 4.42. The summed E-state index contributed by atoms with van der Waals surface area (Å²) in [5.41, 5.74) is 1.07. The van der Waals surface area contributed by atoms with E-state index >= 15 is 0 Å². The molecule has 0 bridgehead atoms. The van der Waals surface area contributed by atoms with Crippen LogP contribution in [0.4, 0.5) is 14.9 Å². The van der Waals surface area contributed by atoms with Gasteiger partial charge >= 0.3 is 6.03 Å². The average Bonchev–Trinajstić information content (AvgIpc) is 2.93. The molecule has 146 valence electrons. The van der Waals surface area contributed by atoms with Crippen molar-refractivity contribution < 1.29 is 13.7 Å². The predicted octanol–water partition coefficient (Wildman–Crippen LogP) is 5.02. The van der Waals surface area contributed by atoms with E-state index in [1.54, 1.807) is 32.9 Å². The summed E-state index contributed by atoms with van der Waals surface area (Å²) < 4.78 is 19.5. The second-order valence-electron chi connectivity index (χ2n) is 6.72. The average molecular weight is 403 g/mol. The molecular weight excluding hydrogens is 383 g/mol. The zero-order chi connectivity index (χ0) is 20.4. The van der Waals surface area contributed by atoms with Gasteiger partial charge in [-0.05, 0) is 56.7 Å². The highest BCUT2D eigenvalue weighted by Gasteiger charge is 2.27. The van der Waals surface area contributed by atoms with Gasteiger partial charge in [-0.1, -0.05) is 34.5 Å². The summed E-state index contributed by atoms with van der Waals surface area (Å²) in [6.07, 6.45) is 0.256. The third kappa shape index (κ3) is 3.87. The number of hydrogen-bond acceptors (Lipinski definition) is 3. The third-order valence-corrected chi connectivity index (χ3v) is 4.79. The summed E-state index contributed by atoms with van der Waals surface area (Å²) in [6.45, 7) is 5.23. The molecule has 0 aliphatic heterocycles. The highest BCUT2D eigenvalue weighted by Crippen LogP contribution is 2.21. The topological polar surface area (TPSA) is 55.5 Å². The van der Waals surface area contributed by atoms with Gasteiger partial charge in [0.1, 0.15) is 11.6 Å². The Morgan fingerprint density at radius 2 is 1.82 bits per heavy atom. The largest absolute Gasteiger partial charge is 0.372 e. The number of halogens is 2. The van der Waals surface area contributed by atoms with Gasteiger partial charge in [-0.2, -0.15) is 0 Å². The Balaban J connectivity index is 1.99. The number of anilines is 1. The zero-order valence-corrected chi connectivity index (χ0v) is 16.5. The number of amides is 1. The Hall–Kier alpha value is -2.86. The van der Waals surface area contributed by atoms with E-state index in [1.165, 1.54) is 29.2 Å². The fraction of sp³-hybridized carbons (Fsp3) is 0.238. The van der Waals surface area contributed by atoms with E-state index in [0.717, 1.165) is 10.3 Å². The first-order chi connectivity index (χ1) is 13.3. The lowest BCUT2D eigenvalue weighted by Gasteiger charge is -2.25. The van der Waals surface area contributed by atoms with Gasteiger partial charge in [0, 0.05) is 23.2 Å². The normalized spacial score (nSPS) is 11.1. The van der Waals surface area contributed by atoms with Gasteiger partial charge in [-0.25, -0.2) is 9.18 Å². The van der Waals surface area contributed by atoms with Crippen LogP contribution in [-0.2, 0) is 6.42 Å². The maximum absolute atomic E-state index is 13.2. The van der Waals surface area contributed by atoms with E-state index in [2.05, 4.69) is 0 Å². The molecule has 3 aromatic rings. The van der Waals surface area contributed by atoms with Crippen molar-refractivity contribution in [3.05, 3.63) is 86.6 Å². The molecule has 0 aliphatic rings. The highest BCUT2D eigenvalue weighted by molar-refractivity contribution is 6.31. The number of hydrogen-bond donors (Lipinski definition) is 0. The number of carbonyl (C=O) groups is 1. The van der Waals surface area contributed by atoms with Crippen LogP contribution in [0.15, 0.2) is 57.8 Å². The van der Waals surface area contributed by atoms with Gasteiger partial charge in [0.05, 0.1) is 5.56 Å². The second-order valence-corrected chi connectivity index (χ2v) is 7.12. The predicted molar refractivity (Wildman–Crippen MR) is 107 cm³/mol. The van der Waals surface area contributed by atoms with Crippen molar-refractivity contribution in [1.29, 1.82) is 0 Å². The molecule has 0 aliphatic carbocycles. The molecule has 0 radical (unpaired) electrons. The molecule has 28 heavy (non-hydrogen) atoms. The van der Waals surface area contributed by atoms with Crippen LogP contribution < -0.4 is 10.5 Å². The molecule has 1 heterocycles. The van der Waals surface area contributed by atoms with Gasteiger partial charge in [0.15, 0.2) is 0 Å². The summed E-state index contributed by atoms with van der Waals surface area (Å²) in [6, 6.07) is 11.8. The zero-order valence-electron chi connectivity index (χ0n) is 15.8. The number of aryl methyl sites for hydroxylation is 1. The van der Waals surface area contributed by atoms with Crippen LogP contribution in [-0.4, -0.2) is 16.8 Å². The second kappa shape index (κ2) is 8.02. The number of benzene rings is 2. The van der Waals surface area contributed by atoms with Crippen molar-refractivity contribution >= 4 is 23.3 Å². The Labute approximate surface area is 166 Å². The molecule has 7 heteroatoms. The molecule has 0 fully saturated rings. The van der Waals surface area contributed by atoms with E-state index < -0.39 is 17.4 Å². The molecule has 0 spiro atoms. The van der Waals surface area contributed by atoms with Crippen molar-refractivity contribution in [3.8, 4) is 0 Å². The number of rotatable bonds is 4. The van der Waals surface area contributed by atoms with Crippen molar-refractivity contribution in [2.24, 2.45) is 0 Å². The quantitative estimate of drug-likeness (QED) is 0.616. The molecule has 0 unspecified atom stereocenters. The first-order valence-electron chi connectivity index (χ1n) is 8.84. The van der Waals surface area contributed by atoms with Crippen molar-refractivity contribution in [3.63, 3.8) is 0 Å². The number of carbonyl (C=O) groups excluding carboxylic acids is 1. The maximum Gasteiger partial charge on any atom is 0.365 e. The van der Waals surface area contributed by atoms with Gasteiger partial charge in [0.2, 0.25) is 0 Å². The van der Waals surface area contributed by atoms with Gasteiger partial charge in [-0.3, -0.25) is 9.69 Å². The van der Waals surface area contributed by atoms with Gasteiger partial charge in [-0.15, -0.1) is 0 Å². The lowest BCUT2D eigenvalue weighted by atomic mass is 10.1. The lowest BCUT2D eigenvalue weighted by Crippen LogP contribution is -2.43. The van der Waals surface area contributed by atoms with Crippen molar-refractivity contribution in [1.82, 2.24) is 4.74 Å². The molecular formula is C21H20ClFN2O3. The fourth-order valence-corrected chi connectivity index (χ4v) is 3.20. The summed E-state index contributed by atoms with van der Waals surface area (Å²) in [5, 5.41) is 0.537. The smallest absolute Gasteiger partial charge is 0.365 e. The summed E-state index contributed by atoms with van der Waals surface area (Å²) in [4.78, 5) is 27.3. The summed E-state index contributed by atoms with van der Waals surface area (Å²) >= 11 is 6.19. The van der Waals surface area contributed by atoms with E-state index in [1.807, 2.05) is 12.1 Å². The molecule has 3 rings (SSSR count). The Kier molecular flexibility index (Phi) is 5.70. The molecule has 2 aromatic carbocycles. The molecule has 0 saturated heterocycles. The summed E-state index contributed by atoms with van der Waals surface area (Å²) in [7, 11) is 0. The van der Waals surface area contributed by atoms with Gasteiger partial charge in [0.25, 0.3) is 5.56 Å². The highest BCUT2D eigenvalue weighted by atomic mass is 35.5. The van der Waals surface area contributed by atoms with Crippen LogP contribution in [0.2, 0.25) is 5.02 Å². The van der Waals surface area contributed by atoms with Crippen LogP contribution in [0, 0.1) is 12.7 Å². The minimum absolute atomic E-state index is 0.256. The standard InChI is InChI=1S/C21H20ClFN2O3/c1-13(2)24(17-10-8-16(23)9-11-17)21(27)25-20(26)18(14(3)28-25)12-15-6-4-5-7-19(15)22/h4-11,13H,12H2,1-3H3. The Morgan fingerprint density at radius 3 is 2.43 bits per heavy atom. The van der Waals surface area contributed by atoms with Crippen LogP contribution in [0.25, 0.3) is 0 Å². The SMILES string of the molecule is Cc1on(C(=O)N(c2ccc(F)cc2)C(C)C)c(=O)c1Cc1ccccc1Cl. The van der Waals surface area contributed by atoms with Crippen LogP contribution in [0.3, 0.4) is 0 Å². The molecule has 1 amide bonds. The number of aromatic nitrogens is 1. The van der Waals surface area contributed by atoms with Crippen LogP contribution in [0.1, 0.15) is 30.7 Å². The van der Waals surface area contributed by atoms with Gasteiger partial charge < -0.3 is 4.52 Å². The first-order valence-corrected chi connectivity index (χ1v) is 9.21. The van der Waals surface area contributed by atoms with E-state index in [0.29, 0.717) is 22.0 Å². The molecule has 0 atom stereocenters.